The number of hydrogen-bond donors (Lipinski definition) is 1. The number of hydrogen-bond acceptors (Lipinski definition) is 2. The number of allylic oxidation sites excluding steroid dienone is 2. The Kier molecular flexibility index (Phi) is 5.27. The third kappa shape index (κ3) is 3.82. The van der Waals surface area contributed by atoms with Crippen LogP contribution in [0.3, 0.4) is 0 Å². The molecule has 0 aliphatic heterocycles. The predicted molar refractivity (Wildman–Crippen MR) is 95.6 cm³/mol. The molecule has 24 heavy (non-hydrogen) atoms. The Bertz CT molecular complexity index is 796. The molecule has 3 rings (SSSR count). The number of nitrogens with zero attached hydrogens (tertiary/aromatic N) is 2. The number of aryl methyl sites for hydroxylation is 1. The first-order chi connectivity index (χ1) is 11.5. The van der Waals surface area contributed by atoms with E-state index in [1.165, 1.54) is 11.1 Å². The summed E-state index contributed by atoms with van der Waals surface area (Å²) in [5.41, 5.74) is 4.47. The standard InChI is InChI=1S/C18H18Cl2N2O2/c19-15-8-7-14(16(20)9-15)11-22-18-12(4-2-6-17(23)24)3-1-5-13(18)10-21-22/h4,7-10H,1-3,5-6,11H2,(H,23,24)/b12-4+. The first-order valence-electron chi connectivity index (χ1n) is 7.94. The van der Waals surface area contributed by atoms with Gasteiger partial charge in [-0.1, -0.05) is 35.3 Å². The van der Waals surface area contributed by atoms with Crippen LogP contribution in [-0.4, -0.2) is 20.9 Å². The highest BCUT2D eigenvalue weighted by Crippen LogP contribution is 2.32. The molecule has 1 aliphatic carbocycles. The number of carboxylic acid groups (broad SMARTS) is 1. The number of carbonyl (C=O) groups is 1. The monoisotopic (exact) mass is 364 g/mol. The summed E-state index contributed by atoms with van der Waals surface area (Å²) in [6, 6.07) is 5.47. The molecular weight excluding hydrogens is 347 g/mol. The van der Waals surface area contributed by atoms with E-state index in [0.717, 1.165) is 30.5 Å². The molecule has 0 spiro atoms. The predicted octanol–water partition coefficient (Wildman–Crippen LogP) is 4.82. The molecule has 6 heteroatoms. The van der Waals surface area contributed by atoms with Gasteiger partial charge in [0.15, 0.2) is 0 Å². The van der Waals surface area contributed by atoms with E-state index in [1.807, 2.05) is 29.1 Å². The van der Waals surface area contributed by atoms with Crippen LogP contribution in [0.5, 0.6) is 0 Å². The summed E-state index contributed by atoms with van der Waals surface area (Å²) in [6.45, 7) is 0.571. The Balaban J connectivity index is 1.88. The first-order valence-corrected chi connectivity index (χ1v) is 8.70. The molecule has 1 aliphatic rings. The first kappa shape index (κ1) is 17.1. The molecule has 0 bridgehead atoms. The topological polar surface area (TPSA) is 55.1 Å². The second kappa shape index (κ2) is 7.41. The lowest BCUT2D eigenvalue weighted by atomic mass is 9.92. The number of fused-ring (bicyclic) bond motifs is 1. The van der Waals surface area contributed by atoms with Crippen molar-refractivity contribution < 1.29 is 9.90 Å². The minimum absolute atomic E-state index is 0.149. The number of aromatic nitrogens is 2. The summed E-state index contributed by atoms with van der Waals surface area (Å²) in [6.07, 6.45) is 7.65. The normalized spacial score (nSPS) is 15.5. The second-order valence-electron chi connectivity index (χ2n) is 5.93. The maximum Gasteiger partial charge on any atom is 0.303 e. The summed E-state index contributed by atoms with van der Waals surface area (Å²) >= 11 is 12.2. The highest BCUT2D eigenvalue weighted by molar-refractivity contribution is 6.35. The average Bonchev–Trinajstić information content (AvgIpc) is 2.94. The van der Waals surface area contributed by atoms with Crippen molar-refractivity contribution in [2.75, 3.05) is 0 Å². The maximum absolute atomic E-state index is 10.7. The van der Waals surface area contributed by atoms with Crippen molar-refractivity contribution in [1.29, 1.82) is 0 Å². The molecule has 1 aromatic heterocycles. The van der Waals surface area contributed by atoms with E-state index in [9.17, 15) is 4.79 Å². The fourth-order valence-corrected chi connectivity index (χ4v) is 3.53. The van der Waals surface area contributed by atoms with Crippen LogP contribution in [0, 0.1) is 0 Å². The third-order valence-electron chi connectivity index (χ3n) is 4.20. The van der Waals surface area contributed by atoms with Crippen molar-refractivity contribution in [1.82, 2.24) is 9.78 Å². The SMILES string of the molecule is O=C(O)CC/C=C1\CCCc2cnn(Cc3ccc(Cl)cc3Cl)c21. The van der Waals surface area contributed by atoms with Crippen LogP contribution in [0.4, 0.5) is 0 Å². The van der Waals surface area contributed by atoms with Gasteiger partial charge in [0.2, 0.25) is 0 Å². The number of aliphatic carboxylic acids is 1. The molecule has 0 saturated carbocycles. The van der Waals surface area contributed by atoms with Crippen LogP contribution < -0.4 is 0 Å². The smallest absolute Gasteiger partial charge is 0.303 e. The molecule has 0 atom stereocenters. The zero-order valence-corrected chi connectivity index (χ0v) is 14.6. The van der Waals surface area contributed by atoms with Gasteiger partial charge in [0.05, 0.1) is 18.4 Å². The van der Waals surface area contributed by atoms with Crippen LogP contribution in [-0.2, 0) is 17.8 Å². The van der Waals surface area contributed by atoms with E-state index in [0.29, 0.717) is 23.0 Å². The van der Waals surface area contributed by atoms with Crippen LogP contribution in [0.15, 0.2) is 30.5 Å². The van der Waals surface area contributed by atoms with Gasteiger partial charge in [0.25, 0.3) is 0 Å². The third-order valence-corrected chi connectivity index (χ3v) is 4.78. The molecule has 0 fully saturated rings. The van der Waals surface area contributed by atoms with Gasteiger partial charge in [-0.05, 0) is 54.5 Å². The maximum atomic E-state index is 10.7. The summed E-state index contributed by atoms with van der Waals surface area (Å²) in [7, 11) is 0. The van der Waals surface area contributed by atoms with Crippen LogP contribution in [0.2, 0.25) is 10.0 Å². The van der Waals surface area contributed by atoms with Crippen molar-refractivity contribution in [3.63, 3.8) is 0 Å². The fourth-order valence-electron chi connectivity index (χ4n) is 3.07. The van der Waals surface area contributed by atoms with Gasteiger partial charge >= 0.3 is 5.97 Å². The van der Waals surface area contributed by atoms with Gasteiger partial charge in [0.1, 0.15) is 0 Å². The Labute approximate surface area is 150 Å². The molecule has 1 N–H and O–H groups in total. The number of rotatable bonds is 5. The van der Waals surface area contributed by atoms with Gasteiger partial charge in [0, 0.05) is 16.5 Å². The molecule has 4 nitrogen and oxygen atoms in total. The van der Waals surface area contributed by atoms with E-state index in [1.54, 1.807) is 6.07 Å². The molecule has 0 saturated heterocycles. The average molecular weight is 365 g/mol. The Morgan fingerprint density at radius 2 is 2.17 bits per heavy atom. The zero-order valence-electron chi connectivity index (χ0n) is 13.1. The van der Waals surface area contributed by atoms with E-state index in [4.69, 9.17) is 28.3 Å². The van der Waals surface area contributed by atoms with Crippen LogP contribution >= 0.6 is 23.2 Å². The highest BCUT2D eigenvalue weighted by Gasteiger charge is 2.20. The van der Waals surface area contributed by atoms with E-state index in [2.05, 4.69) is 5.10 Å². The highest BCUT2D eigenvalue weighted by atomic mass is 35.5. The summed E-state index contributed by atoms with van der Waals surface area (Å²) < 4.78 is 1.95. The molecule has 1 heterocycles. The molecule has 0 radical (unpaired) electrons. The van der Waals surface area contributed by atoms with Gasteiger partial charge in [-0.3, -0.25) is 9.48 Å². The number of benzene rings is 1. The van der Waals surface area contributed by atoms with E-state index < -0.39 is 5.97 Å². The Hall–Kier alpha value is -1.78. The van der Waals surface area contributed by atoms with Crippen LogP contribution in [0.25, 0.3) is 5.57 Å². The quantitative estimate of drug-likeness (QED) is 0.826. The minimum atomic E-state index is -0.774. The number of halogens is 2. The largest absolute Gasteiger partial charge is 0.481 e. The molecule has 2 aromatic rings. The molecular formula is C18H18Cl2N2O2. The molecule has 0 unspecified atom stereocenters. The lowest BCUT2D eigenvalue weighted by molar-refractivity contribution is -0.136. The minimum Gasteiger partial charge on any atom is -0.481 e. The number of carboxylic acids is 1. The van der Waals surface area contributed by atoms with Gasteiger partial charge in [-0.2, -0.15) is 5.10 Å². The van der Waals surface area contributed by atoms with Crippen molar-refractivity contribution in [3.8, 4) is 0 Å². The van der Waals surface area contributed by atoms with Gasteiger partial charge < -0.3 is 5.11 Å². The Morgan fingerprint density at radius 1 is 1.33 bits per heavy atom. The van der Waals surface area contributed by atoms with Gasteiger partial charge in [-0.15, -0.1) is 0 Å². The van der Waals surface area contributed by atoms with Gasteiger partial charge in [-0.25, -0.2) is 0 Å². The molecule has 0 amide bonds. The fraction of sp³-hybridized carbons (Fsp3) is 0.333. The Morgan fingerprint density at radius 3 is 2.92 bits per heavy atom. The van der Waals surface area contributed by atoms with Crippen molar-refractivity contribution in [2.24, 2.45) is 0 Å². The zero-order chi connectivity index (χ0) is 17.1. The lowest BCUT2D eigenvalue weighted by Crippen LogP contribution is -2.10. The molecule has 126 valence electrons. The summed E-state index contributed by atoms with van der Waals surface area (Å²) in [5, 5.41) is 14.6. The lowest BCUT2D eigenvalue weighted by Gasteiger charge is -2.18. The molecule has 1 aromatic carbocycles. The van der Waals surface area contributed by atoms with Crippen molar-refractivity contribution >= 4 is 34.7 Å². The second-order valence-corrected chi connectivity index (χ2v) is 6.77. The van der Waals surface area contributed by atoms with Crippen molar-refractivity contribution in [3.05, 3.63) is 57.3 Å². The van der Waals surface area contributed by atoms with Crippen LogP contribution in [0.1, 0.15) is 42.5 Å². The van der Waals surface area contributed by atoms with E-state index >= 15 is 0 Å². The van der Waals surface area contributed by atoms with E-state index in [-0.39, 0.29) is 6.42 Å². The van der Waals surface area contributed by atoms with Crippen molar-refractivity contribution in [2.45, 2.75) is 38.6 Å². The summed E-state index contributed by atoms with van der Waals surface area (Å²) in [5.74, 6) is -0.774. The summed E-state index contributed by atoms with van der Waals surface area (Å²) in [4.78, 5) is 10.7.